The summed E-state index contributed by atoms with van der Waals surface area (Å²) < 4.78 is 14.8. The van der Waals surface area contributed by atoms with Crippen LogP contribution >= 0.6 is 11.6 Å². The van der Waals surface area contributed by atoms with Crippen molar-refractivity contribution < 1.29 is 9.18 Å². The second kappa shape index (κ2) is 8.45. The first kappa shape index (κ1) is 20.4. The van der Waals surface area contributed by atoms with Gasteiger partial charge in [-0.25, -0.2) is 9.07 Å². The lowest BCUT2D eigenvalue weighted by Crippen LogP contribution is -2.44. The van der Waals surface area contributed by atoms with Crippen molar-refractivity contribution >= 4 is 28.9 Å². The lowest BCUT2D eigenvalue weighted by Gasteiger charge is -2.35. The molecule has 8 heteroatoms. The van der Waals surface area contributed by atoms with Crippen molar-refractivity contribution in [3.63, 3.8) is 0 Å². The van der Waals surface area contributed by atoms with Crippen molar-refractivity contribution in [3.05, 3.63) is 70.8 Å². The van der Waals surface area contributed by atoms with Crippen LogP contribution in [0.2, 0.25) is 5.02 Å². The third kappa shape index (κ3) is 4.17. The second-order valence-corrected chi connectivity index (χ2v) is 7.87. The summed E-state index contributed by atoms with van der Waals surface area (Å²) in [6, 6.07) is 11.5. The fourth-order valence-corrected chi connectivity index (χ4v) is 3.77. The third-order valence-corrected chi connectivity index (χ3v) is 5.61. The molecule has 0 spiro atoms. The molecule has 0 saturated carbocycles. The minimum Gasteiger partial charge on any atom is -0.367 e. The topological polar surface area (TPSA) is 53.4 Å². The number of rotatable bonds is 4. The highest BCUT2D eigenvalue weighted by atomic mass is 35.5. The van der Waals surface area contributed by atoms with Crippen molar-refractivity contribution in [1.29, 1.82) is 0 Å². The number of aromatic nitrogens is 2. The van der Waals surface area contributed by atoms with E-state index in [4.69, 9.17) is 11.6 Å². The Labute approximate surface area is 179 Å². The van der Waals surface area contributed by atoms with Gasteiger partial charge in [-0.2, -0.15) is 5.10 Å². The zero-order chi connectivity index (χ0) is 21.3. The lowest BCUT2D eigenvalue weighted by atomic mass is 10.2. The van der Waals surface area contributed by atoms with E-state index in [1.807, 2.05) is 19.1 Å². The number of nitrogens with zero attached hydrogens (tertiary/aromatic N) is 4. The Balaban J connectivity index is 1.59. The van der Waals surface area contributed by atoms with E-state index >= 15 is 0 Å². The van der Waals surface area contributed by atoms with Gasteiger partial charge in [0.1, 0.15) is 5.82 Å². The molecule has 1 N–H and O–H groups in total. The second-order valence-electron chi connectivity index (χ2n) is 7.44. The largest absolute Gasteiger partial charge is 0.367 e. The number of carbonyl (C=O) groups is 1. The summed E-state index contributed by atoms with van der Waals surface area (Å²) in [5, 5.41) is 7.86. The summed E-state index contributed by atoms with van der Waals surface area (Å²) in [7, 11) is 2.10. The highest BCUT2D eigenvalue weighted by Crippen LogP contribution is 2.30. The molecule has 2 heterocycles. The maximum Gasteiger partial charge on any atom is 0.259 e. The van der Waals surface area contributed by atoms with Crippen LogP contribution < -0.4 is 10.2 Å². The number of carbonyl (C=O) groups excluding carboxylic acids is 1. The normalized spacial score (nSPS) is 14.7. The number of likely N-dealkylation sites (N-methyl/N-ethyl adjacent to an activating group) is 1. The van der Waals surface area contributed by atoms with E-state index in [2.05, 4.69) is 27.3 Å². The van der Waals surface area contributed by atoms with Crippen LogP contribution in [-0.4, -0.2) is 53.8 Å². The molecule has 0 aliphatic carbocycles. The molecule has 0 bridgehead atoms. The summed E-state index contributed by atoms with van der Waals surface area (Å²) in [5.41, 5.74) is 3.43. The molecule has 1 amide bonds. The molecule has 0 radical (unpaired) electrons. The fourth-order valence-electron chi connectivity index (χ4n) is 3.60. The van der Waals surface area contributed by atoms with Gasteiger partial charge in [-0.1, -0.05) is 11.6 Å². The minimum absolute atomic E-state index is 0.265. The Kier molecular flexibility index (Phi) is 5.74. The number of nitrogens with one attached hydrogen (secondary N) is 1. The van der Waals surface area contributed by atoms with Gasteiger partial charge < -0.3 is 15.1 Å². The zero-order valence-corrected chi connectivity index (χ0v) is 17.7. The highest BCUT2D eigenvalue weighted by Gasteiger charge is 2.21. The zero-order valence-electron chi connectivity index (χ0n) is 16.9. The molecule has 1 saturated heterocycles. The van der Waals surface area contributed by atoms with E-state index in [1.165, 1.54) is 18.3 Å². The monoisotopic (exact) mass is 427 g/mol. The van der Waals surface area contributed by atoms with E-state index in [-0.39, 0.29) is 11.7 Å². The molecule has 3 aromatic rings. The molecule has 1 aliphatic rings. The number of halogens is 2. The smallest absolute Gasteiger partial charge is 0.259 e. The number of hydrogen-bond donors (Lipinski definition) is 1. The summed E-state index contributed by atoms with van der Waals surface area (Å²) in [6.07, 6.45) is 1.52. The van der Waals surface area contributed by atoms with Gasteiger partial charge >= 0.3 is 0 Å². The Bertz CT molecular complexity index is 1060. The minimum atomic E-state index is -0.320. The van der Waals surface area contributed by atoms with Crippen molar-refractivity contribution in [2.75, 3.05) is 43.4 Å². The number of hydrogen-bond acceptors (Lipinski definition) is 4. The maximum atomic E-state index is 13.2. The van der Waals surface area contributed by atoms with Gasteiger partial charge in [0.05, 0.1) is 34.5 Å². The molecule has 0 unspecified atom stereocenters. The van der Waals surface area contributed by atoms with Crippen molar-refractivity contribution in [2.45, 2.75) is 6.92 Å². The summed E-state index contributed by atoms with van der Waals surface area (Å²) in [6.45, 7) is 5.48. The van der Waals surface area contributed by atoms with Crippen LogP contribution in [0, 0.1) is 12.7 Å². The van der Waals surface area contributed by atoms with Gasteiger partial charge in [-0.3, -0.25) is 4.79 Å². The Morgan fingerprint density at radius 2 is 1.80 bits per heavy atom. The summed E-state index contributed by atoms with van der Waals surface area (Å²) >= 11 is 6.21. The maximum absolute atomic E-state index is 13.2. The first-order valence-electron chi connectivity index (χ1n) is 9.77. The molecular weight excluding hydrogens is 405 g/mol. The number of benzene rings is 2. The average molecular weight is 428 g/mol. The SMILES string of the molecule is Cc1c(C(=O)Nc2cc(Cl)ccc2N2CCN(C)CC2)cnn1-c1ccc(F)cc1. The molecule has 156 valence electrons. The van der Waals surface area contributed by atoms with Crippen LogP contribution in [0.1, 0.15) is 16.1 Å². The van der Waals surface area contributed by atoms with E-state index in [9.17, 15) is 9.18 Å². The standard InChI is InChI=1S/C22H23ClFN5O/c1-15-19(14-25-29(15)18-6-4-17(24)5-7-18)22(30)26-20-13-16(23)3-8-21(20)28-11-9-27(2)10-12-28/h3-8,13-14H,9-12H2,1-2H3,(H,26,30). The summed E-state index contributed by atoms with van der Waals surface area (Å²) in [4.78, 5) is 17.6. The molecule has 4 rings (SSSR count). The van der Waals surface area contributed by atoms with E-state index < -0.39 is 0 Å². The van der Waals surface area contributed by atoms with E-state index in [0.29, 0.717) is 27.7 Å². The fraction of sp³-hybridized carbons (Fsp3) is 0.273. The number of amides is 1. The third-order valence-electron chi connectivity index (χ3n) is 5.38. The average Bonchev–Trinajstić information content (AvgIpc) is 3.11. The first-order chi connectivity index (χ1) is 14.4. The van der Waals surface area contributed by atoms with Crippen molar-refractivity contribution in [1.82, 2.24) is 14.7 Å². The van der Waals surface area contributed by atoms with Gasteiger partial charge in [0.2, 0.25) is 0 Å². The Morgan fingerprint density at radius 3 is 2.50 bits per heavy atom. The molecular formula is C22H23ClFN5O. The van der Waals surface area contributed by atoms with Crippen LogP contribution in [0.25, 0.3) is 5.69 Å². The van der Waals surface area contributed by atoms with E-state index in [1.54, 1.807) is 22.9 Å². The van der Waals surface area contributed by atoms with Gasteiger partial charge in [-0.05, 0) is 56.4 Å². The van der Waals surface area contributed by atoms with Crippen molar-refractivity contribution in [3.8, 4) is 5.69 Å². The quantitative estimate of drug-likeness (QED) is 0.684. The number of anilines is 2. The van der Waals surface area contributed by atoms with Gasteiger partial charge in [0, 0.05) is 31.2 Å². The lowest BCUT2D eigenvalue weighted by molar-refractivity contribution is 0.102. The number of piperazine rings is 1. The molecule has 2 aromatic carbocycles. The molecule has 1 aliphatic heterocycles. The van der Waals surface area contributed by atoms with Crippen LogP contribution in [0.15, 0.2) is 48.7 Å². The predicted molar refractivity (Wildman–Crippen MR) is 117 cm³/mol. The molecule has 6 nitrogen and oxygen atoms in total. The highest BCUT2D eigenvalue weighted by molar-refractivity contribution is 6.31. The van der Waals surface area contributed by atoms with E-state index in [0.717, 1.165) is 31.9 Å². The van der Waals surface area contributed by atoms with Gasteiger partial charge in [0.15, 0.2) is 0 Å². The van der Waals surface area contributed by atoms with Crippen molar-refractivity contribution in [2.24, 2.45) is 0 Å². The predicted octanol–water partition coefficient (Wildman–Crippen LogP) is 3.98. The Morgan fingerprint density at radius 1 is 1.10 bits per heavy atom. The molecule has 30 heavy (non-hydrogen) atoms. The van der Waals surface area contributed by atoms with Crippen LogP contribution in [-0.2, 0) is 0 Å². The van der Waals surface area contributed by atoms with Crippen LogP contribution in [0.3, 0.4) is 0 Å². The Hall–Kier alpha value is -2.90. The van der Waals surface area contributed by atoms with Crippen LogP contribution in [0.4, 0.5) is 15.8 Å². The molecule has 1 aromatic heterocycles. The van der Waals surface area contributed by atoms with Gasteiger partial charge in [-0.15, -0.1) is 0 Å². The molecule has 1 fully saturated rings. The van der Waals surface area contributed by atoms with Gasteiger partial charge in [0.25, 0.3) is 5.91 Å². The molecule has 0 atom stereocenters. The van der Waals surface area contributed by atoms with Crippen LogP contribution in [0.5, 0.6) is 0 Å². The first-order valence-corrected chi connectivity index (χ1v) is 10.1. The summed E-state index contributed by atoms with van der Waals surface area (Å²) in [5.74, 6) is -0.586.